The average molecular weight is 387 g/mol. The summed E-state index contributed by atoms with van der Waals surface area (Å²) in [4.78, 5) is 14.0. The fraction of sp³-hybridized carbons (Fsp3) is 0.550. The molecule has 7 heteroatoms. The molecule has 1 aliphatic heterocycles. The van der Waals surface area contributed by atoms with Crippen molar-refractivity contribution >= 4 is 23.4 Å². The molecule has 2 heterocycles. The summed E-state index contributed by atoms with van der Waals surface area (Å²) >= 11 is 1.46. The molecular weight excluding hydrogens is 358 g/mol. The number of quaternary nitrogens is 1. The van der Waals surface area contributed by atoms with Crippen LogP contribution in [0.1, 0.15) is 49.9 Å². The number of nitrogens with zero attached hydrogens (tertiary/aromatic N) is 3. The third-order valence-electron chi connectivity index (χ3n) is 5.34. The molecule has 1 aromatic heterocycles. The number of nitrogens with one attached hydrogen (secondary N) is 2. The van der Waals surface area contributed by atoms with Crippen molar-refractivity contribution < 1.29 is 9.69 Å². The summed E-state index contributed by atoms with van der Waals surface area (Å²) < 4.78 is 2.14. The van der Waals surface area contributed by atoms with Crippen molar-refractivity contribution in [2.24, 2.45) is 0 Å². The second kappa shape index (κ2) is 8.44. The van der Waals surface area contributed by atoms with Gasteiger partial charge in [-0.1, -0.05) is 23.9 Å². The second-order valence-electron chi connectivity index (χ2n) is 7.53. The monoisotopic (exact) mass is 386 g/mol. The van der Waals surface area contributed by atoms with Gasteiger partial charge in [0.05, 0.1) is 18.8 Å². The fourth-order valence-corrected chi connectivity index (χ4v) is 4.53. The van der Waals surface area contributed by atoms with E-state index in [-0.39, 0.29) is 5.91 Å². The molecule has 1 amide bonds. The molecule has 0 atom stereocenters. The van der Waals surface area contributed by atoms with E-state index in [0.717, 1.165) is 29.8 Å². The van der Waals surface area contributed by atoms with Gasteiger partial charge in [-0.05, 0) is 31.9 Å². The lowest BCUT2D eigenvalue weighted by molar-refractivity contribution is -0.901. The summed E-state index contributed by atoms with van der Waals surface area (Å²) in [6.45, 7) is 6.59. The van der Waals surface area contributed by atoms with E-state index in [1.807, 2.05) is 12.1 Å². The molecule has 2 aliphatic rings. The first kappa shape index (κ1) is 18.5. The molecule has 144 valence electrons. The number of amides is 1. The van der Waals surface area contributed by atoms with E-state index in [1.54, 1.807) is 4.90 Å². The number of benzene rings is 1. The SMILES string of the molecule is CCn1c(SCC(=O)Nc2ccc(C[NH+]3CCCC3)cc2)nnc1C1CC1. The molecular formula is C20H28N5OS+. The van der Waals surface area contributed by atoms with Crippen molar-refractivity contribution in [1.82, 2.24) is 14.8 Å². The van der Waals surface area contributed by atoms with E-state index < -0.39 is 0 Å². The van der Waals surface area contributed by atoms with Crippen LogP contribution in [0.2, 0.25) is 0 Å². The zero-order valence-corrected chi connectivity index (χ0v) is 16.7. The minimum atomic E-state index is -0.00320. The van der Waals surface area contributed by atoms with E-state index in [1.165, 1.54) is 56.1 Å². The Morgan fingerprint density at radius 3 is 2.63 bits per heavy atom. The van der Waals surface area contributed by atoms with Gasteiger partial charge in [0.2, 0.25) is 5.91 Å². The number of carbonyl (C=O) groups excluding carboxylic acids is 1. The normalized spacial score (nSPS) is 17.4. The van der Waals surface area contributed by atoms with Gasteiger partial charge in [-0.2, -0.15) is 0 Å². The molecule has 0 bridgehead atoms. The average Bonchev–Trinajstić information content (AvgIpc) is 3.23. The van der Waals surface area contributed by atoms with Crippen LogP contribution in [0.15, 0.2) is 29.4 Å². The Bertz CT molecular complexity index is 778. The van der Waals surface area contributed by atoms with E-state index in [2.05, 4.69) is 39.1 Å². The smallest absolute Gasteiger partial charge is 0.234 e. The molecule has 1 saturated carbocycles. The quantitative estimate of drug-likeness (QED) is 0.682. The highest BCUT2D eigenvalue weighted by Crippen LogP contribution is 2.39. The summed E-state index contributed by atoms with van der Waals surface area (Å²) in [5, 5.41) is 12.4. The Hall–Kier alpha value is -1.86. The Kier molecular flexibility index (Phi) is 5.78. The summed E-state index contributed by atoms with van der Waals surface area (Å²) in [5.41, 5.74) is 2.19. The molecule has 2 N–H and O–H groups in total. The van der Waals surface area contributed by atoms with Gasteiger partial charge in [0.1, 0.15) is 12.4 Å². The number of hydrogen-bond acceptors (Lipinski definition) is 4. The van der Waals surface area contributed by atoms with Crippen molar-refractivity contribution in [2.75, 3.05) is 24.2 Å². The number of hydrogen-bond donors (Lipinski definition) is 2. The van der Waals surface area contributed by atoms with Crippen molar-refractivity contribution in [2.45, 2.75) is 56.8 Å². The molecule has 0 radical (unpaired) electrons. The Morgan fingerprint density at radius 2 is 1.96 bits per heavy atom. The number of aromatic nitrogens is 3. The molecule has 6 nitrogen and oxygen atoms in total. The minimum Gasteiger partial charge on any atom is -0.331 e. The predicted octanol–water partition coefficient (Wildman–Crippen LogP) is 2.08. The Balaban J connectivity index is 1.28. The molecule has 1 aromatic carbocycles. The van der Waals surface area contributed by atoms with Crippen molar-refractivity contribution in [3.8, 4) is 0 Å². The topological polar surface area (TPSA) is 64.2 Å². The van der Waals surface area contributed by atoms with Crippen LogP contribution < -0.4 is 10.2 Å². The van der Waals surface area contributed by atoms with Gasteiger partial charge in [-0.3, -0.25) is 4.79 Å². The molecule has 1 aliphatic carbocycles. The first-order valence-electron chi connectivity index (χ1n) is 10.0. The lowest BCUT2D eigenvalue weighted by atomic mass is 10.2. The highest BCUT2D eigenvalue weighted by molar-refractivity contribution is 7.99. The summed E-state index contributed by atoms with van der Waals surface area (Å²) in [6, 6.07) is 8.27. The van der Waals surface area contributed by atoms with Crippen LogP contribution in [0.25, 0.3) is 0 Å². The standard InChI is InChI=1S/C20H27N5OS/c1-2-25-19(16-7-8-16)22-23-20(25)27-14-18(26)21-17-9-5-15(6-10-17)13-24-11-3-4-12-24/h5-6,9-10,16H,2-4,7-8,11-14H2,1H3,(H,21,26)/p+1. The van der Waals surface area contributed by atoms with Crippen LogP contribution in [0, 0.1) is 0 Å². The first-order chi connectivity index (χ1) is 13.2. The molecule has 27 heavy (non-hydrogen) atoms. The maximum absolute atomic E-state index is 12.3. The summed E-state index contributed by atoms with van der Waals surface area (Å²) in [6.07, 6.45) is 5.10. The molecule has 4 rings (SSSR count). The van der Waals surface area contributed by atoms with Crippen molar-refractivity contribution in [3.63, 3.8) is 0 Å². The van der Waals surface area contributed by atoms with Gasteiger partial charge in [0.15, 0.2) is 5.16 Å². The van der Waals surface area contributed by atoms with E-state index in [9.17, 15) is 4.79 Å². The van der Waals surface area contributed by atoms with Gasteiger partial charge >= 0.3 is 0 Å². The first-order valence-corrected chi connectivity index (χ1v) is 11.0. The van der Waals surface area contributed by atoms with Gasteiger partial charge in [-0.15, -0.1) is 10.2 Å². The maximum Gasteiger partial charge on any atom is 0.234 e. The minimum absolute atomic E-state index is 0.00320. The Morgan fingerprint density at radius 1 is 1.22 bits per heavy atom. The second-order valence-corrected chi connectivity index (χ2v) is 8.47. The van der Waals surface area contributed by atoms with Crippen LogP contribution in [0.4, 0.5) is 5.69 Å². The van der Waals surface area contributed by atoms with E-state index >= 15 is 0 Å². The van der Waals surface area contributed by atoms with Gasteiger partial charge < -0.3 is 14.8 Å². The van der Waals surface area contributed by atoms with Crippen LogP contribution in [-0.4, -0.2) is 39.5 Å². The van der Waals surface area contributed by atoms with Crippen LogP contribution in [-0.2, 0) is 17.9 Å². The number of likely N-dealkylation sites (tertiary alicyclic amines) is 1. The lowest BCUT2D eigenvalue weighted by Gasteiger charge is -2.12. The third-order valence-corrected chi connectivity index (χ3v) is 6.31. The summed E-state index contributed by atoms with van der Waals surface area (Å²) in [7, 11) is 0. The number of carbonyl (C=O) groups is 1. The summed E-state index contributed by atoms with van der Waals surface area (Å²) in [5.74, 6) is 2.00. The van der Waals surface area contributed by atoms with Gasteiger partial charge in [0, 0.05) is 36.6 Å². The van der Waals surface area contributed by atoms with Crippen LogP contribution in [0.3, 0.4) is 0 Å². The molecule has 0 unspecified atom stereocenters. The lowest BCUT2D eigenvalue weighted by Crippen LogP contribution is -3.08. The van der Waals surface area contributed by atoms with Crippen LogP contribution >= 0.6 is 11.8 Å². The molecule has 1 saturated heterocycles. The van der Waals surface area contributed by atoms with Crippen molar-refractivity contribution in [1.29, 1.82) is 0 Å². The van der Waals surface area contributed by atoms with Gasteiger partial charge in [0.25, 0.3) is 0 Å². The number of rotatable bonds is 8. The molecule has 0 spiro atoms. The van der Waals surface area contributed by atoms with E-state index in [4.69, 9.17) is 0 Å². The highest BCUT2D eigenvalue weighted by atomic mass is 32.2. The van der Waals surface area contributed by atoms with Crippen molar-refractivity contribution in [3.05, 3.63) is 35.7 Å². The Labute approximate surface area is 164 Å². The highest BCUT2D eigenvalue weighted by Gasteiger charge is 2.30. The fourth-order valence-electron chi connectivity index (χ4n) is 3.72. The zero-order valence-electron chi connectivity index (χ0n) is 15.9. The number of thioether (sulfide) groups is 1. The molecule has 2 aromatic rings. The van der Waals surface area contributed by atoms with Crippen LogP contribution in [0.5, 0.6) is 0 Å². The number of anilines is 1. The van der Waals surface area contributed by atoms with E-state index in [0.29, 0.717) is 11.7 Å². The van der Waals surface area contributed by atoms with Gasteiger partial charge in [-0.25, -0.2) is 0 Å². The zero-order chi connectivity index (χ0) is 18.6. The molecule has 2 fully saturated rings. The largest absolute Gasteiger partial charge is 0.331 e. The third kappa shape index (κ3) is 4.71. The maximum atomic E-state index is 12.3. The predicted molar refractivity (Wildman–Crippen MR) is 107 cm³/mol.